The molecule has 0 spiro atoms. The smallest absolute Gasteiger partial charge is 0.413 e. The van der Waals surface area contributed by atoms with Gasteiger partial charge in [0.2, 0.25) is 5.95 Å². The Labute approximate surface area is 188 Å². The molecule has 33 heavy (non-hydrogen) atoms. The highest BCUT2D eigenvalue weighted by atomic mass is 19.1. The number of aromatic nitrogens is 2. The number of carbonyl (C=O) groups excluding carboxylic acids is 2. The molecule has 1 aromatic heterocycles. The molecular formula is C25H17FN4O3. The van der Waals surface area contributed by atoms with Crippen molar-refractivity contribution in [2.75, 3.05) is 17.3 Å². The lowest BCUT2D eigenvalue weighted by atomic mass is 9.97. The molecular weight excluding hydrogens is 423 g/mol. The van der Waals surface area contributed by atoms with Gasteiger partial charge in [-0.1, -0.05) is 36.3 Å². The van der Waals surface area contributed by atoms with Crippen LogP contribution in [0.25, 0.3) is 11.0 Å². The Hall–Kier alpha value is -4.64. The first kappa shape index (κ1) is 20.3. The molecule has 2 N–H and O–H groups in total. The van der Waals surface area contributed by atoms with E-state index in [1.807, 2.05) is 24.3 Å². The maximum Gasteiger partial charge on any atom is 0.413 e. The molecule has 3 aromatic carbocycles. The maximum absolute atomic E-state index is 15.2. The number of nitrogens with one attached hydrogen (secondary N) is 2. The summed E-state index contributed by atoms with van der Waals surface area (Å²) in [6.07, 6.45) is 4.80. The number of imidazole rings is 1. The molecule has 2 amide bonds. The molecule has 5 rings (SSSR count). The average Bonchev–Trinajstić information content (AvgIpc) is 3.36. The van der Waals surface area contributed by atoms with Crippen LogP contribution in [0.4, 0.5) is 20.8 Å². The molecule has 0 saturated carbocycles. The topological polar surface area (TPSA) is 87.3 Å². The normalized spacial score (nSPS) is 14.8. The molecule has 0 radical (unpaired) electrons. The number of rotatable bonds is 3. The zero-order valence-electron chi connectivity index (χ0n) is 17.4. The minimum Gasteiger partial charge on any atom is -0.453 e. The van der Waals surface area contributed by atoms with E-state index in [0.717, 1.165) is 11.1 Å². The van der Waals surface area contributed by atoms with E-state index in [2.05, 4.69) is 25.9 Å². The molecule has 0 bridgehead atoms. The summed E-state index contributed by atoms with van der Waals surface area (Å²) in [5.41, 5.74) is 3.40. The number of carbonyl (C=O) groups is 2. The zero-order chi connectivity index (χ0) is 23.1. The molecule has 162 valence electrons. The number of H-pyrrole nitrogens is 1. The van der Waals surface area contributed by atoms with Crippen molar-refractivity contribution < 1.29 is 18.7 Å². The summed E-state index contributed by atoms with van der Waals surface area (Å²) in [6.45, 7) is 0. The number of terminal acetylenes is 1. The van der Waals surface area contributed by atoms with Gasteiger partial charge >= 0.3 is 6.09 Å². The molecule has 1 aliphatic rings. The van der Waals surface area contributed by atoms with E-state index in [-0.39, 0.29) is 23.1 Å². The Morgan fingerprint density at radius 3 is 2.82 bits per heavy atom. The number of amides is 2. The number of anilines is 2. The van der Waals surface area contributed by atoms with E-state index < -0.39 is 18.0 Å². The molecule has 1 unspecified atom stereocenters. The molecule has 1 aliphatic heterocycles. The van der Waals surface area contributed by atoms with Crippen molar-refractivity contribution in [2.24, 2.45) is 0 Å². The van der Waals surface area contributed by atoms with E-state index in [1.165, 1.54) is 18.1 Å². The van der Waals surface area contributed by atoms with Gasteiger partial charge in [0.1, 0.15) is 0 Å². The van der Waals surface area contributed by atoms with Gasteiger partial charge in [0, 0.05) is 5.56 Å². The highest BCUT2D eigenvalue weighted by molar-refractivity contribution is 6.12. The van der Waals surface area contributed by atoms with Gasteiger partial charge in [-0.15, -0.1) is 6.42 Å². The van der Waals surface area contributed by atoms with Crippen LogP contribution in [0.3, 0.4) is 0 Å². The van der Waals surface area contributed by atoms with Crippen LogP contribution in [0, 0.1) is 18.2 Å². The summed E-state index contributed by atoms with van der Waals surface area (Å²) in [6, 6.07) is 16.7. The second-order valence-electron chi connectivity index (χ2n) is 7.43. The minimum absolute atomic E-state index is 0.0811. The highest BCUT2D eigenvalue weighted by Gasteiger charge is 2.40. The Kier molecular flexibility index (Phi) is 4.79. The van der Waals surface area contributed by atoms with Gasteiger partial charge in [0.05, 0.1) is 35.4 Å². The number of aromatic amines is 1. The molecule has 8 heteroatoms. The van der Waals surface area contributed by atoms with Gasteiger partial charge in [0.15, 0.2) is 5.82 Å². The molecule has 0 fully saturated rings. The van der Waals surface area contributed by atoms with Gasteiger partial charge in [-0.25, -0.2) is 14.2 Å². The minimum atomic E-state index is -0.653. The van der Waals surface area contributed by atoms with Crippen molar-refractivity contribution in [1.82, 2.24) is 9.97 Å². The molecule has 4 aromatic rings. The third-order valence-corrected chi connectivity index (χ3v) is 5.58. The zero-order valence-corrected chi connectivity index (χ0v) is 17.4. The molecule has 0 saturated heterocycles. The number of fused-ring (bicyclic) bond motifs is 2. The van der Waals surface area contributed by atoms with Gasteiger partial charge in [-0.2, -0.15) is 0 Å². The fourth-order valence-electron chi connectivity index (χ4n) is 4.11. The summed E-state index contributed by atoms with van der Waals surface area (Å²) in [5, 5.41) is 2.49. The van der Waals surface area contributed by atoms with Crippen LogP contribution in [0.5, 0.6) is 0 Å². The van der Waals surface area contributed by atoms with Gasteiger partial charge in [0.25, 0.3) is 5.91 Å². The lowest BCUT2D eigenvalue weighted by Crippen LogP contribution is -2.29. The first-order valence-corrected chi connectivity index (χ1v) is 10.0. The monoisotopic (exact) mass is 440 g/mol. The summed E-state index contributed by atoms with van der Waals surface area (Å²) in [5.74, 6) is 1.61. The summed E-state index contributed by atoms with van der Waals surface area (Å²) in [4.78, 5) is 33.6. The number of ether oxygens (including phenoxy) is 1. The number of halogens is 1. The van der Waals surface area contributed by atoms with Crippen molar-refractivity contribution in [3.8, 4) is 12.3 Å². The van der Waals surface area contributed by atoms with Crippen molar-refractivity contribution in [3.63, 3.8) is 0 Å². The van der Waals surface area contributed by atoms with Crippen LogP contribution in [0.2, 0.25) is 0 Å². The van der Waals surface area contributed by atoms with Crippen molar-refractivity contribution >= 4 is 34.7 Å². The predicted octanol–water partition coefficient (Wildman–Crippen LogP) is 4.61. The van der Waals surface area contributed by atoms with E-state index in [4.69, 9.17) is 6.42 Å². The van der Waals surface area contributed by atoms with Gasteiger partial charge in [-0.3, -0.25) is 15.0 Å². The lowest BCUT2D eigenvalue weighted by Gasteiger charge is -2.26. The Balaban J connectivity index is 1.65. The molecule has 2 heterocycles. The maximum atomic E-state index is 15.2. The van der Waals surface area contributed by atoms with Crippen LogP contribution in [0.15, 0.2) is 60.7 Å². The molecule has 7 nitrogen and oxygen atoms in total. The number of hydrogen-bond acceptors (Lipinski definition) is 4. The summed E-state index contributed by atoms with van der Waals surface area (Å²) in [7, 11) is 1.26. The first-order valence-electron chi connectivity index (χ1n) is 10.0. The third kappa shape index (κ3) is 3.27. The Bertz CT molecular complexity index is 1470. The largest absolute Gasteiger partial charge is 0.453 e. The highest BCUT2D eigenvalue weighted by Crippen LogP contribution is 2.43. The lowest BCUT2D eigenvalue weighted by molar-refractivity contribution is 0.0992. The summed E-state index contributed by atoms with van der Waals surface area (Å²) < 4.78 is 19.8. The Morgan fingerprint density at radius 2 is 2.03 bits per heavy atom. The van der Waals surface area contributed by atoms with E-state index >= 15 is 4.39 Å². The number of methoxy groups -OCH3 is 1. The predicted molar refractivity (Wildman–Crippen MR) is 122 cm³/mol. The average molecular weight is 440 g/mol. The first-order chi connectivity index (χ1) is 16.0. The summed E-state index contributed by atoms with van der Waals surface area (Å²) >= 11 is 0. The quantitative estimate of drug-likeness (QED) is 0.456. The molecule has 1 atom stereocenters. The second-order valence-corrected chi connectivity index (χ2v) is 7.43. The SMILES string of the molecule is C#Cc1cccc(N2C(=O)c3ccccc3C2c2ccc3nc(NC(=O)OC)[nH]c3c2)c1F. The van der Waals surface area contributed by atoms with Crippen LogP contribution in [0.1, 0.15) is 33.1 Å². The van der Waals surface area contributed by atoms with E-state index in [0.29, 0.717) is 16.6 Å². The third-order valence-electron chi connectivity index (χ3n) is 5.58. The van der Waals surface area contributed by atoms with E-state index in [9.17, 15) is 9.59 Å². The Morgan fingerprint density at radius 1 is 1.21 bits per heavy atom. The van der Waals surface area contributed by atoms with Crippen LogP contribution in [-0.4, -0.2) is 29.1 Å². The van der Waals surface area contributed by atoms with Gasteiger partial charge < -0.3 is 9.72 Å². The van der Waals surface area contributed by atoms with Crippen molar-refractivity contribution in [2.45, 2.75) is 6.04 Å². The van der Waals surface area contributed by atoms with Crippen molar-refractivity contribution in [1.29, 1.82) is 0 Å². The number of hydrogen-bond donors (Lipinski definition) is 2. The number of nitrogens with zero attached hydrogens (tertiary/aromatic N) is 2. The second kappa shape index (κ2) is 7.80. The van der Waals surface area contributed by atoms with Crippen LogP contribution in [-0.2, 0) is 4.74 Å². The standard InChI is InChI=1S/C25H17FN4O3/c1-3-14-7-6-10-20(21(14)26)30-22(16-8-4-5-9-17(16)23(30)31)15-11-12-18-19(13-15)28-24(27-18)29-25(32)33-2/h1,4-13,22H,2H3,(H2,27,28,29,32). The molecule has 0 aliphatic carbocycles. The van der Waals surface area contributed by atoms with Crippen LogP contribution < -0.4 is 10.2 Å². The fraction of sp³-hybridized carbons (Fsp3) is 0.0800. The number of benzene rings is 3. The van der Waals surface area contributed by atoms with E-state index in [1.54, 1.807) is 30.3 Å². The van der Waals surface area contributed by atoms with Crippen LogP contribution >= 0.6 is 0 Å². The fourth-order valence-corrected chi connectivity index (χ4v) is 4.11. The van der Waals surface area contributed by atoms with Gasteiger partial charge in [-0.05, 0) is 41.5 Å². The van der Waals surface area contributed by atoms with Crippen molar-refractivity contribution in [3.05, 3.63) is 88.7 Å².